The molecule has 0 rings (SSSR count). The number of rotatable bonds is 1. The zero-order valence-corrected chi connectivity index (χ0v) is 6.76. The van der Waals surface area contributed by atoms with Gasteiger partial charge in [-0.1, -0.05) is 0 Å². The van der Waals surface area contributed by atoms with Gasteiger partial charge in [0.05, 0.1) is 0 Å². The molecule has 0 aliphatic rings. The van der Waals surface area contributed by atoms with Crippen LogP contribution >= 0.6 is 27.4 Å². The predicted molar refractivity (Wildman–Crippen MR) is 39.4 cm³/mol. The third-order valence-electron chi connectivity index (χ3n) is 0.309. The molecular weight excluding hydrogens is 195 g/mol. The number of hydrogen-bond acceptors (Lipinski definition) is 1. The number of hydrogen-bond donors (Lipinski definition) is 0. The van der Waals surface area contributed by atoms with Crippen molar-refractivity contribution in [2.24, 2.45) is 0 Å². The molecule has 0 radical (unpaired) electrons. The van der Waals surface area contributed by atoms with E-state index in [2.05, 4.69) is 16.1 Å². The fourth-order valence-electron chi connectivity index (χ4n) is 0. The quantitative estimate of drug-likeness (QED) is 0.465. The van der Waals surface area contributed by atoms with E-state index in [9.17, 15) is 0 Å². The van der Waals surface area contributed by atoms with Crippen LogP contribution in [0.5, 0.6) is 0 Å². The maximum atomic E-state index is 2.34. The standard InChI is InChI=1S/C3H9IS/c1-4(2)5-3/h1-3H3. The second-order valence-electron chi connectivity index (χ2n) is 0.841. The Bertz CT molecular complexity index is 20.9. The van der Waals surface area contributed by atoms with Gasteiger partial charge >= 0.3 is 43.5 Å². The SMILES string of the molecule is CSI(C)C. The first-order valence-electron chi connectivity index (χ1n) is 1.32. The Kier molecular flexibility index (Phi) is 3.98. The van der Waals surface area contributed by atoms with E-state index < -0.39 is 0 Å². The summed E-state index contributed by atoms with van der Waals surface area (Å²) in [6.07, 6.45) is 2.19. The van der Waals surface area contributed by atoms with Crippen LogP contribution in [0.4, 0.5) is 0 Å². The molecule has 34 valence electrons. The van der Waals surface area contributed by atoms with Crippen LogP contribution in [0, 0.1) is 0 Å². The van der Waals surface area contributed by atoms with Crippen molar-refractivity contribution in [3.05, 3.63) is 0 Å². The van der Waals surface area contributed by atoms with E-state index >= 15 is 0 Å². The van der Waals surface area contributed by atoms with Crippen molar-refractivity contribution in [1.29, 1.82) is 0 Å². The van der Waals surface area contributed by atoms with Gasteiger partial charge in [-0.15, -0.1) is 0 Å². The van der Waals surface area contributed by atoms with Gasteiger partial charge in [0.15, 0.2) is 0 Å². The van der Waals surface area contributed by atoms with Gasteiger partial charge in [0, 0.05) is 0 Å². The Morgan fingerprint density at radius 3 is 1.60 bits per heavy atom. The summed E-state index contributed by atoms with van der Waals surface area (Å²) >= 11 is -0.365. The average molecular weight is 204 g/mol. The third-order valence-corrected chi connectivity index (χ3v) is 6.21. The summed E-state index contributed by atoms with van der Waals surface area (Å²) in [6.45, 7) is 0. The molecule has 0 bridgehead atoms. The summed E-state index contributed by atoms with van der Waals surface area (Å²) < 4.78 is 0. The van der Waals surface area contributed by atoms with Gasteiger partial charge in [-0.3, -0.25) is 0 Å². The van der Waals surface area contributed by atoms with Gasteiger partial charge in [0.2, 0.25) is 0 Å². The van der Waals surface area contributed by atoms with Crippen LogP contribution in [-0.4, -0.2) is 16.1 Å². The van der Waals surface area contributed by atoms with Crippen LogP contribution in [-0.2, 0) is 0 Å². The predicted octanol–water partition coefficient (Wildman–Crippen LogP) is 2.03. The van der Waals surface area contributed by atoms with E-state index in [0.717, 1.165) is 0 Å². The summed E-state index contributed by atoms with van der Waals surface area (Å²) in [5, 5.41) is 0. The van der Waals surface area contributed by atoms with Gasteiger partial charge in [0.25, 0.3) is 0 Å². The Morgan fingerprint density at radius 1 is 1.40 bits per heavy atom. The Morgan fingerprint density at radius 2 is 1.60 bits per heavy atom. The number of halogens is 1. The normalized spacial score (nSPS) is 11.4. The first kappa shape index (κ1) is 6.08. The van der Waals surface area contributed by atoms with E-state index in [0.29, 0.717) is 0 Å². The third kappa shape index (κ3) is 5.08. The minimum atomic E-state index is -0.365. The van der Waals surface area contributed by atoms with E-state index in [1.54, 1.807) is 0 Å². The molecule has 0 atom stereocenters. The molecule has 0 aliphatic heterocycles. The van der Waals surface area contributed by atoms with E-state index in [1.807, 2.05) is 8.93 Å². The van der Waals surface area contributed by atoms with Crippen molar-refractivity contribution in [2.75, 3.05) is 16.1 Å². The summed E-state index contributed by atoms with van der Waals surface area (Å²) in [7, 11) is 2.04. The molecule has 0 unspecified atom stereocenters. The molecule has 0 nitrogen and oxygen atoms in total. The molecule has 0 fully saturated rings. The summed E-state index contributed by atoms with van der Waals surface area (Å²) in [5.74, 6) is 0. The van der Waals surface area contributed by atoms with Crippen LogP contribution in [0.1, 0.15) is 0 Å². The molecule has 2 heteroatoms. The molecular formula is C3H9IS. The molecule has 0 aromatic rings. The fourth-order valence-corrected chi connectivity index (χ4v) is 0. The van der Waals surface area contributed by atoms with E-state index in [-0.39, 0.29) is 18.4 Å². The Hall–Kier alpha value is 1.08. The fraction of sp³-hybridized carbons (Fsp3) is 1.00. The van der Waals surface area contributed by atoms with E-state index in [4.69, 9.17) is 0 Å². The van der Waals surface area contributed by atoms with Crippen molar-refractivity contribution in [3.63, 3.8) is 0 Å². The zero-order valence-electron chi connectivity index (χ0n) is 3.79. The minimum absolute atomic E-state index is 0.365. The van der Waals surface area contributed by atoms with Crippen LogP contribution in [0.25, 0.3) is 0 Å². The van der Waals surface area contributed by atoms with Gasteiger partial charge in [-0.25, -0.2) is 0 Å². The maximum absolute atomic E-state index is 2.34. The molecule has 0 aliphatic carbocycles. The Balaban J connectivity index is 2.54. The topological polar surface area (TPSA) is 0 Å². The first-order valence-corrected chi connectivity index (χ1v) is 9.40. The number of alkyl halides is 2. The zero-order chi connectivity index (χ0) is 4.28. The van der Waals surface area contributed by atoms with Crippen LogP contribution < -0.4 is 0 Å². The molecule has 0 N–H and O–H groups in total. The summed E-state index contributed by atoms with van der Waals surface area (Å²) in [4.78, 5) is 4.68. The van der Waals surface area contributed by atoms with Crippen molar-refractivity contribution in [3.8, 4) is 0 Å². The van der Waals surface area contributed by atoms with Crippen LogP contribution in [0.3, 0.4) is 0 Å². The van der Waals surface area contributed by atoms with Crippen molar-refractivity contribution < 1.29 is 0 Å². The molecule has 5 heavy (non-hydrogen) atoms. The van der Waals surface area contributed by atoms with Crippen LogP contribution in [0.15, 0.2) is 0 Å². The van der Waals surface area contributed by atoms with Crippen LogP contribution in [0.2, 0.25) is 0 Å². The molecule has 0 amide bonds. The van der Waals surface area contributed by atoms with Crippen molar-refractivity contribution in [2.45, 2.75) is 0 Å². The van der Waals surface area contributed by atoms with Gasteiger partial charge in [0.1, 0.15) is 0 Å². The molecule has 0 saturated carbocycles. The Labute approximate surface area is 43.5 Å². The molecule has 0 heterocycles. The van der Waals surface area contributed by atoms with Crippen molar-refractivity contribution in [1.82, 2.24) is 0 Å². The van der Waals surface area contributed by atoms with E-state index in [1.165, 1.54) is 0 Å². The first-order chi connectivity index (χ1) is 2.27. The molecule has 0 saturated heterocycles. The average Bonchev–Trinajstić information content (AvgIpc) is 1.38. The van der Waals surface area contributed by atoms with Gasteiger partial charge < -0.3 is 0 Å². The van der Waals surface area contributed by atoms with Crippen molar-refractivity contribution >= 4 is 27.4 Å². The summed E-state index contributed by atoms with van der Waals surface area (Å²) in [5.41, 5.74) is 0. The van der Waals surface area contributed by atoms with Gasteiger partial charge in [-0.05, 0) is 0 Å². The second-order valence-corrected chi connectivity index (χ2v) is 11.9. The monoisotopic (exact) mass is 204 g/mol. The molecule has 0 aromatic heterocycles. The molecule has 0 aromatic carbocycles. The summed E-state index contributed by atoms with van der Waals surface area (Å²) in [6, 6.07) is 0. The second kappa shape index (κ2) is 3.28. The van der Waals surface area contributed by atoms with Gasteiger partial charge in [-0.2, -0.15) is 0 Å². The molecule has 0 spiro atoms.